The Morgan fingerprint density at radius 1 is 0.830 bits per heavy atom. The van der Waals surface area contributed by atoms with Crippen molar-refractivity contribution in [3.63, 3.8) is 0 Å². The molecule has 2 saturated heterocycles. The molecule has 47 heavy (non-hydrogen) atoms. The highest BCUT2D eigenvalue weighted by molar-refractivity contribution is 7.80. The van der Waals surface area contributed by atoms with E-state index in [9.17, 15) is 14.4 Å². The van der Waals surface area contributed by atoms with Gasteiger partial charge in [0.1, 0.15) is 17.5 Å². The third-order valence-corrected chi connectivity index (χ3v) is 8.81. The third-order valence-electron chi connectivity index (χ3n) is 8.39. The van der Waals surface area contributed by atoms with E-state index in [2.05, 4.69) is 27.2 Å². The van der Waals surface area contributed by atoms with E-state index in [0.29, 0.717) is 34.3 Å². The zero-order valence-corrected chi connectivity index (χ0v) is 27.8. The Balaban J connectivity index is 1.23. The van der Waals surface area contributed by atoms with Gasteiger partial charge in [-0.1, -0.05) is 0 Å². The molecule has 1 unspecified atom stereocenters. The topological polar surface area (TPSA) is 104 Å². The van der Waals surface area contributed by atoms with Crippen molar-refractivity contribution in [2.45, 2.75) is 25.8 Å². The van der Waals surface area contributed by atoms with E-state index in [1.165, 1.54) is 10.6 Å². The summed E-state index contributed by atoms with van der Waals surface area (Å²) in [5.74, 6) is 0.507. The van der Waals surface area contributed by atoms with Crippen molar-refractivity contribution in [2.75, 3.05) is 75.2 Å². The Bertz CT molecular complexity index is 1540. The Morgan fingerprint density at radius 3 is 2.02 bits per heavy atom. The predicted molar refractivity (Wildman–Crippen MR) is 185 cm³/mol. The molecule has 2 aliphatic heterocycles. The number of esters is 1. The van der Waals surface area contributed by atoms with Gasteiger partial charge in [0.05, 0.1) is 38.5 Å². The van der Waals surface area contributed by atoms with Gasteiger partial charge in [0.15, 0.2) is 5.11 Å². The van der Waals surface area contributed by atoms with Gasteiger partial charge < -0.3 is 29.3 Å². The summed E-state index contributed by atoms with van der Waals surface area (Å²) in [7, 11) is 3.25. The van der Waals surface area contributed by atoms with Crippen molar-refractivity contribution in [2.24, 2.45) is 0 Å². The van der Waals surface area contributed by atoms with Gasteiger partial charge in [-0.05, 0) is 105 Å². The maximum Gasteiger partial charge on any atom is 0.338 e. The maximum atomic E-state index is 13.9. The van der Waals surface area contributed by atoms with Crippen molar-refractivity contribution < 1.29 is 28.6 Å². The van der Waals surface area contributed by atoms with E-state index >= 15 is 0 Å². The van der Waals surface area contributed by atoms with Crippen LogP contribution in [0.2, 0.25) is 0 Å². The van der Waals surface area contributed by atoms with Crippen molar-refractivity contribution in [3.05, 3.63) is 78.4 Å². The number of hydrogen-bond donors (Lipinski definition) is 1. The lowest BCUT2D eigenvalue weighted by Gasteiger charge is -2.36. The van der Waals surface area contributed by atoms with E-state index in [-0.39, 0.29) is 24.8 Å². The highest BCUT2D eigenvalue weighted by atomic mass is 32.1. The molecule has 2 fully saturated rings. The average molecular weight is 660 g/mol. The number of thiocarbonyl (C=S) groups is 1. The first kappa shape index (κ1) is 33.7. The molecular weight excluding hydrogens is 618 g/mol. The molecule has 2 heterocycles. The Labute approximate surface area is 281 Å². The van der Waals surface area contributed by atoms with Gasteiger partial charge in [-0.25, -0.2) is 4.79 Å². The summed E-state index contributed by atoms with van der Waals surface area (Å²) in [4.78, 5) is 47.4. The molecule has 12 heteroatoms. The van der Waals surface area contributed by atoms with Crippen molar-refractivity contribution in [1.82, 2.24) is 9.80 Å². The summed E-state index contributed by atoms with van der Waals surface area (Å²) in [6.07, 6.45) is 0.700. The molecule has 0 radical (unpaired) electrons. The standard InChI is InChI=1S/C35H41N5O6S/c1-4-46-34(43)25-6-10-28(11-7-25)40-33(42)31(24-32(41)36-26-8-14-29(44-2)15-9-26)39(35(40)47)19-5-18-37-20-22-38(23-21-37)27-12-16-30(45-3)17-13-27/h6-17,31H,4-5,18-24H2,1-3H3,(H,36,41). The lowest BCUT2D eigenvalue weighted by molar-refractivity contribution is -0.124. The monoisotopic (exact) mass is 659 g/mol. The van der Waals surface area contributed by atoms with Crippen LogP contribution in [0.3, 0.4) is 0 Å². The second-order valence-electron chi connectivity index (χ2n) is 11.3. The molecule has 3 aromatic rings. The van der Waals surface area contributed by atoms with Gasteiger partial charge in [0.2, 0.25) is 5.91 Å². The molecule has 0 bridgehead atoms. The quantitative estimate of drug-likeness (QED) is 0.210. The SMILES string of the molecule is CCOC(=O)c1ccc(N2C(=O)C(CC(=O)Nc3ccc(OC)cc3)N(CCCN3CCN(c4ccc(OC)cc4)CC3)C2=S)cc1. The first-order valence-corrected chi connectivity index (χ1v) is 16.2. The van der Waals surface area contributed by atoms with Crippen LogP contribution in [-0.2, 0) is 14.3 Å². The van der Waals surface area contributed by atoms with E-state index in [0.717, 1.165) is 44.9 Å². The van der Waals surface area contributed by atoms with Gasteiger partial charge in [0.25, 0.3) is 5.91 Å². The molecule has 1 N–H and O–H groups in total. The summed E-state index contributed by atoms with van der Waals surface area (Å²) in [6.45, 7) is 7.03. The summed E-state index contributed by atoms with van der Waals surface area (Å²) in [5, 5.41) is 3.23. The number of piperazine rings is 1. The van der Waals surface area contributed by atoms with Crippen LogP contribution in [0, 0.1) is 0 Å². The van der Waals surface area contributed by atoms with Crippen LogP contribution < -0.4 is 24.6 Å². The van der Waals surface area contributed by atoms with Crippen LogP contribution in [0.5, 0.6) is 11.5 Å². The van der Waals surface area contributed by atoms with Gasteiger partial charge in [-0.2, -0.15) is 0 Å². The number of anilines is 3. The van der Waals surface area contributed by atoms with Crippen LogP contribution in [0.4, 0.5) is 17.1 Å². The average Bonchev–Trinajstić information content (AvgIpc) is 3.32. The minimum atomic E-state index is -0.766. The van der Waals surface area contributed by atoms with E-state index in [1.807, 2.05) is 17.0 Å². The van der Waals surface area contributed by atoms with E-state index in [1.54, 1.807) is 69.7 Å². The minimum absolute atomic E-state index is 0.0665. The molecule has 0 spiro atoms. The zero-order chi connectivity index (χ0) is 33.3. The summed E-state index contributed by atoms with van der Waals surface area (Å²) < 4.78 is 15.6. The first-order chi connectivity index (χ1) is 22.8. The predicted octanol–water partition coefficient (Wildman–Crippen LogP) is 4.42. The highest BCUT2D eigenvalue weighted by Gasteiger charge is 2.44. The molecule has 0 saturated carbocycles. The van der Waals surface area contributed by atoms with Crippen LogP contribution in [0.15, 0.2) is 72.8 Å². The maximum absolute atomic E-state index is 13.9. The highest BCUT2D eigenvalue weighted by Crippen LogP contribution is 2.29. The molecule has 248 valence electrons. The fraction of sp³-hybridized carbons (Fsp3) is 0.371. The lowest BCUT2D eigenvalue weighted by atomic mass is 10.1. The molecule has 11 nitrogen and oxygen atoms in total. The number of amides is 2. The van der Waals surface area contributed by atoms with Gasteiger partial charge in [0, 0.05) is 44.1 Å². The van der Waals surface area contributed by atoms with Gasteiger partial charge >= 0.3 is 5.97 Å². The number of nitrogens with zero attached hydrogens (tertiary/aromatic N) is 4. The summed E-state index contributed by atoms with van der Waals surface area (Å²) in [5.41, 5.74) is 2.70. The van der Waals surface area contributed by atoms with Crippen LogP contribution in [0.25, 0.3) is 0 Å². The molecule has 0 aromatic heterocycles. The molecule has 2 amide bonds. The number of ether oxygens (including phenoxy) is 3. The lowest BCUT2D eigenvalue weighted by Crippen LogP contribution is -2.47. The number of methoxy groups -OCH3 is 2. The Hall–Kier alpha value is -4.68. The third kappa shape index (κ3) is 8.19. The van der Waals surface area contributed by atoms with Crippen LogP contribution >= 0.6 is 12.2 Å². The van der Waals surface area contributed by atoms with Crippen LogP contribution in [0.1, 0.15) is 30.1 Å². The smallest absolute Gasteiger partial charge is 0.338 e. The normalized spacial score (nSPS) is 16.7. The van der Waals surface area contributed by atoms with E-state index < -0.39 is 12.0 Å². The Kier molecular flexibility index (Phi) is 11.3. The zero-order valence-electron chi connectivity index (χ0n) is 27.0. The number of hydrogen-bond acceptors (Lipinski definition) is 9. The van der Waals surface area contributed by atoms with Crippen molar-refractivity contribution in [3.8, 4) is 11.5 Å². The molecule has 2 aliphatic rings. The summed E-state index contributed by atoms with van der Waals surface area (Å²) >= 11 is 5.86. The number of nitrogens with one attached hydrogen (secondary N) is 1. The number of benzene rings is 3. The van der Waals surface area contributed by atoms with Crippen LogP contribution in [-0.4, -0.2) is 98.8 Å². The van der Waals surface area contributed by atoms with Gasteiger partial charge in [-0.3, -0.25) is 19.4 Å². The van der Waals surface area contributed by atoms with Crippen molar-refractivity contribution >= 4 is 52.2 Å². The molecule has 0 aliphatic carbocycles. The van der Waals surface area contributed by atoms with E-state index in [4.69, 9.17) is 26.4 Å². The number of carbonyl (C=O) groups excluding carboxylic acids is 3. The second kappa shape index (κ2) is 15.7. The number of rotatable bonds is 13. The molecule has 1 atom stereocenters. The Morgan fingerprint density at radius 2 is 1.43 bits per heavy atom. The fourth-order valence-corrected chi connectivity index (χ4v) is 6.25. The largest absolute Gasteiger partial charge is 0.497 e. The number of carbonyl (C=O) groups is 3. The fourth-order valence-electron chi connectivity index (χ4n) is 5.84. The molecule has 5 rings (SSSR count). The second-order valence-corrected chi connectivity index (χ2v) is 11.7. The molecule has 3 aromatic carbocycles. The van der Waals surface area contributed by atoms with Crippen molar-refractivity contribution in [1.29, 1.82) is 0 Å². The molecular formula is C35H41N5O6S. The summed E-state index contributed by atoms with van der Waals surface area (Å²) in [6, 6.07) is 21.0. The first-order valence-electron chi connectivity index (χ1n) is 15.8. The van der Waals surface area contributed by atoms with Gasteiger partial charge in [-0.15, -0.1) is 0 Å². The minimum Gasteiger partial charge on any atom is -0.497 e.